The molecule has 2 heterocycles. The van der Waals surface area contributed by atoms with Gasteiger partial charge in [-0.25, -0.2) is 4.79 Å². The minimum atomic E-state index is -0.400. The van der Waals surface area contributed by atoms with E-state index in [1.807, 2.05) is 49.4 Å². The van der Waals surface area contributed by atoms with Gasteiger partial charge in [0.2, 0.25) is 0 Å². The van der Waals surface area contributed by atoms with Crippen molar-refractivity contribution < 1.29 is 9.53 Å². The number of nitrogens with one attached hydrogen (secondary N) is 1. The molecule has 0 fully saturated rings. The van der Waals surface area contributed by atoms with Crippen molar-refractivity contribution in [2.75, 3.05) is 0 Å². The zero-order valence-electron chi connectivity index (χ0n) is 13.6. The van der Waals surface area contributed by atoms with E-state index < -0.39 is 5.97 Å². The summed E-state index contributed by atoms with van der Waals surface area (Å²) in [7, 11) is 0. The second kappa shape index (κ2) is 6.15. The van der Waals surface area contributed by atoms with E-state index in [2.05, 4.69) is 29.2 Å². The Labute approximate surface area is 150 Å². The second-order valence-electron chi connectivity index (χ2n) is 5.96. The van der Waals surface area contributed by atoms with Gasteiger partial charge in [-0.2, -0.15) is 0 Å². The number of carbonyl (C=O) groups excluding carboxylic acids is 1. The van der Waals surface area contributed by atoms with E-state index in [9.17, 15) is 4.79 Å². The molecule has 25 heavy (non-hydrogen) atoms. The van der Waals surface area contributed by atoms with Gasteiger partial charge in [-0.1, -0.05) is 66.8 Å². The van der Waals surface area contributed by atoms with E-state index in [1.165, 1.54) is 5.56 Å². The molecule has 0 radical (unpaired) electrons. The van der Waals surface area contributed by atoms with Crippen LogP contribution >= 0.6 is 12.2 Å². The van der Waals surface area contributed by atoms with Gasteiger partial charge >= 0.3 is 5.97 Å². The number of cyclic esters (lactones) is 1. The Kier molecular flexibility index (Phi) is 3.82. The SMILES string of the molecule is Cc1cc2c(c(=S)[nH]1)C(=O)O/C2=C\c1ccc(-c2ccccc2)cc1. The average Bonchev–Trinajstić information content (AvgIpc) is 2.92. The fourth-order valence-electron chi connectivity index (χ4n) is 2.95. The Balaban J connectivity index is 1.72. The van der Waals surface area contributed by atoms with E-state index in [1.54, 1.807) is 0 Å². The van der Waals surface area contributed by atoms with Crippen molar-refractivity contribution in [3.63, 3.8) is 0 Å². The Bertz CT molecular complexity index is 1050. The minimum Gasteiger partial charge on any atom is -0.422 e. The Morgan fingerprint density at radius 2 is 1.68 bits per heavy atom. The van der Waals surface area contributed by atoms with Crippen LogP contribution < -0.4 is 0 Å². The third-order valence-electron chi connectivity index (χ3n) is 4.16. The molecule has 1 N–H and O–H groups in total. The number of aryl methyl sites for hydroxylation is 1. The molecule has 3 nitrogen and oxygen atoms in total. The topological polar surface area (TPSA) is 42.1 Å². The lowest BCUT2D eigenvalue weighted by atomic mass is 10.0. The Morgan fingerprint density at radius 3 is 2.40 bits per heavy atom. The first-order valence-corrected chi connectivity index (χ1v) is 8.36. The highest BCUT2D eigenvalue weighted by Gasteiger charge is 2.28. The van der Waals surface area contributed by atoms with Crippen LogP contribution in [0.3, 0.4) is 0 Å². The molecule has 4 rings (SSSR count). The summed E-state index contributed by atoms with van der Waals surface area (Å²) >= 11 is 5.25. The van der Waals surface area contributed by atoms with Gasteiger partial charge in [0.1, 0.15) is 16.0 Å². The van der Waals surface area contributed by atoms with Crippen LogP contribution in [-0.4, -0.2) is 11.0 Å². The van der Waals surface area contributed by atoms with Crippen LogP contribution in [0.15, 0.2) is 60.7 Å². The molecule has 1 aromatic heterocycles. The molecular formula is C21H15NO2S. The molecule has 0 amide bonds. The summed E-state index contributed by atoms with van der Waals surface area (Å²) in [5, 5.41) is 0. The number of pyridine rings is 1. The molecule has 0 unspecified atom stereocenters. The van der Waals surface area contributed by atoms with Gasteiger partial charge in [-0.3, -0.25) is 0 Å². The lowest BCUT2D eigenvalue weighted by Gasteiger charge is -2.03. The normalized spacial score (nSPS) is 14.4. The highest BCUT2D eigenvalue weighted by molar-refractivity contribution is 7.71. The van der Waals surface area contributed by atoms with Gasteiger partial charge in [-0.05, 0) is 35.8 Å². The summed E-state index contributed by atoms with van der Waals surface area (Å²) in [6.07, 6.45) is 1.87. The molecule has 1 aliphatic rings. The van der Waals surface area contributed by atoms with Gasteiger partial charge in [0.15, 0.2) is 0 Å². The number of esters is 1. The van der Waals surface area contributed by atoms with E-state index in [-0.39, 0.29) is 0 Å². The number of carbonyl (C=O) groups is 1. The molecule has 122 valence electrons. The largest absolute Gasteiger partial charge is 0.422 e. The second-order valence-corrected chi connectivity index (χ2v) is 6.36. The molecule has 1 aliphatic heterocycles. The molecule has 0 aliphatic carbocycles. The predicted octanol–water partition coefficient (Wildman–Crippen LogP) is 5.39. The highest BCUT2D eigenvalue weighted by atomic mass is 32.1. The minimum absolute atomic E-state index is 0.400. The van der Waals surface area contributed by atoms with Crippen molar-refractivity contribution in [3.05, 3.63) is 87.7 Å². The van der Waals surface area contributed by atoms with E-state index in [0.29, 0.717) is 16.0 Å². The molecule has 0 bridgehead atoms. The van der Waals surface area contributed by atoms with Crippen LogP contribution in [0.1, 0.15) is 27.2 Å². The summed E-state index contributed by atoms with van der Waals surface area (Å²) in [5.74, 6) is 0.138. The summed E-state index contributed by atoms with van der Waals surface area (Å²) in [4.78, 5) is 15.1. The first-order chi connectivity index (χ1) is 12.1. The van der Waals surface area contributed by atoms with Crippen molar-refractivity contribution >= 4 is 30.0 Å². The van der Waals surface area contributed by atoms with Gasteiger partial charge < -0.3 is 9.72 Å². The van der Waals surface area contributed by atoms with Crippen LogP contribution in [0.2, 0.25) is 0 Å². The van der Waals surface area contributed by atoms with E-state index >= 15 is 0 Å². The van der Waals surface area contributed by atoms with Crippen LogP contribution in [0.5, 0.6) is 0 Å². The standard InChI is InChI=1S/C21H15NO2S/c1-13-11-17-18(24-21(23)19(17)20(25)22-13)12-14-7-9-16(10-8-14)15-5-3-2-4-6-15/h2-12H,1H3,(H,22,25)/b18-12-. The van der Waals surface area contributed by atoms with Crippen molar-refractivity contribution in [2.24, 2.45) is 0 Å². The maximum Gasteiger partial charge on any atom is 0.347 e. The fourth-order valence-corrected chi connectivity index (χ4v) is 3.31. The summed E-state index contributed by atoms with van der Waals surface area (Å²) in [6, 6.07) is 20.2. The summed E-state index contributed by atoms with van der Waals surface area (Å²) in [6.45, 7) is 1.91. The van der Waals surface area contributed by atoms with Crippen LogP contribution in [-0.2, 0) is 4.74 Å². The van der Waals surface area contributed by atoms with Crippen molar-refractivity contribution in [1.82, 2.24) is 4.98 Å². The molecule has 3 aromatic rings. The van der Waals surface area contributed by atoms with Crippen molar-refractivity contribution in [3.8, 4) is 11.1 Å². The predicted molar refractivity (Wildman–Crippen MR) is 102 cm³/mol. The lowest BCUT2D eigenvalue weighted by molar-refractivity contribution is 0.0716. The zero-order chi connectivity index (χ0) is 17.4. The van der Waals surface area contributed by atoms with E-state index in [4.69, 9.17) is 17.0 Å². The molecule has 0 saturated heterocycles. The summed E-state index contributed by atoms with van der Waals surface area (Å²) < 4.78 is 5.84. The maximum atomic E-state index is 12.1. The number of benzene rings is 2. The van der Waals surface area contributed by atoms with E-state index in [0.717, 1.165) is 22.4 Å². The lowest BCUT2D eigenvalue weighted by Crippen LogP contribution is -1.97. The third kappa shape index (κ3) is 2.92. The molecule has 0 atom stereocenters. The van der Waals surface area contributed by atoms with Crippen molar-refractivity contribution in [2.45, 2.75) is 6.92 Å². The van der Waals surface area contributed by atoms with Crippen LogP contribution in [0, 0.1) is 11.6 Å². The summed E-state index contributed by atoms with van der Waals surface area (Å²) in [5.41, 5.74) is 5.36. The maximum absolute atomic E-state index is 12.1. The molecular weight excluding hydrogens is 330 g/mol. The monoisotopic (exact) mass is 345 g/mol. The third-order valence-corrected chi connectivity index (χ3v) is 4.46. The number of H-pyrrole nitrogens is 1. The number of aromatic nitrogens is 1. The van der Waals surface area contributed by atoms with Gasteiger partial charge in [-0.15, -0.1) is 0 Å². The van der Waals surface area contributed by atoms with Gasteiger partial charge in [0.25, 0.3) is 0 Å². The number of ether oxygens (including phenoxy) is 1. The van der Waals surface area contributed by atoms with Crippen LogP contribution in [0.4, 0.5) is 0 Å². The average molecular weight is 345 g/mol. The molecule has 2 aromatic carbocycles. The van der Waals surface area contributed by atoms with Crippen LogP contribution in [0.25, 0.3) is 23.0 Å². The molecule has 0 spiro atoms. The number of aromatic amines is 1. The Hall–Kier alpha value is -2.98. The first kappa shape index (κ1) is 15.5. The number of hydrogen-bond donors (Lipinski definition) is 1. The zero-order valence-corrected chi connectivity index (χ0v) is 14.4. The Morgan fingerprint density at radius 1 is 1.00 bits per heavy atom. The molecule has 0 saturated carbocycles. The number of hydrogen-bond acceptors (Lipinski definition) is 3. The first-order valence-electron chi connectivity index (χ1n) is 7.95. The molecule has 4 heteroatoms. The van der Waals surface area contributed by atoms with Gasteiger partial charge in [0.05, 0.1) is 0 Å². The highest BCUT2D eigenvalue weighted by Crippen LogP contribution is 2.32. The fraction of sp³-hybridized carbons (Fsp3) is 0.0476. The number of fused-ring (bicyclic) bond motifs is 1. The quantitative estimate of drug-likeness (QED) is 0.500. The van der Waals surface area contributed by atoms with Crippen molar-refractivity contribution in [1.29, 1.82) is 0 Å². The van der Waals surface area contributed by atoms with Gasteiger partial charge in [0, 0.05) is 11.3 Å². The smallest absolute Gasteiger partial charge is 0.347 e. The number of rotatable bonds is 2.